The first-order chi connectivity index (χ1) is 8.67. The molecule has 0 radical (unpaired) electrons. The van der Waals surface area contributed by atoms with Crippen LogP contribution in [0.1, 0.15) is 29.7 Å². The van der Waals surface area contributed by atoms with Crippen molar-refractivity contribution in [3.05, 3.63) is 59.3 Å². The maximum Gasteiger partial charge on any atom is 0.123 e. The van der Waals surface area contributed by atoms with Gasteiger partial charge in [-0.15, -0.1) is 0 Å². The minimum absolute atomic E-state index is 0.251. The molecule has 0 aliphatic heterocycles. The standard InChI is InChI=1S/C15H15FO2/c16-12-5-3-11(4-6-12)10-15(17)8-1-2-14-13(15)7-9-18-14/h3-7,9,17H,1-2,8,10H2. The zero-order chi connectivity index (χ0) is 12.6. The molecule has 0 bridgehead atoms. The molecule has 0 spiro atoms. The molecule has 18 heavy (non-hydrogen) atoms. The van der Waals surface area contributed by atoms with E-state index in [0.29, 0.717) is 6.42 Å². The highest BCUT2D eigenvalue weighted by Crippen LogP contribution is 2.38. The van der Waals surface area contributed by atoms with E-state index in [2.05, 4.69) is 0 Å². The third kappa shape index (κ3) is 1.95. The van der Waals surface area contributed by atoms with Crippen LogP contribution in [0.25, 0.3) is 0 Å². The molecule has 3 heteroatoms. The monoisotopic (exact) mass is 246 g/mol. The molecule has 2 nitrogen and oxygen atoms in total. The lowest BCUT2D eigenvalue weighted by molar-refractivity contribution is 0.0168. The first-order valence-corrected chi connectivity index (χ1v) is 6.21. The zero-order valence-electron chi connectivity index (χ0n) is 10.0. The Bertz CT molecular complexity index is 544. The van der Waals surface area contributed by atoms with Gasteiger partial charge < -0.3 is 9.52 Å². The third-order valence-electron chi connectivity index (χ3n) is 3.65. The molecule has 0 fully saturated rings. The number of benzene rings is 1. The Morgan fingerprint density at radius 1 is 1.22 bits per heavy atom. The van der Waals surface area contributed by atoms with Crippen molar-refractivity contribution in [1.29, 1.82) is 0 Å². The van der Waals surface area contributed by atoms with Crippen LogP contribution in [0.2, 0.25) is 0 Å². The molecule has 94 valence electrons. The quantitative estimate of drug-likeness (QED) is 0.882. The first kappa shape index (κ1) is 11.5. The number of halogens is 1. The Kier molecular flexibility index (Phi) is 2.71. The van der Waals surface area contributed by atoms with Gasteiger partial charge >= 0.3 is 0 Å². The van der Waals surface area contributed by atoms with Crippen molar-refractivity contribution in [1.82, 2.24) is 0 Å². The van der Waals surface area contributed by atoms with Crippen LogP contribution >= 0.6 is 0 Å². The summed E-state index contributed by atoms with van der Waals surface area (Å²) in [5.74, 6) is 0.629. The van der Waals surface area contributed by atoms with Gasteiger partial charge in [-0.25, -0.2) is 4.39 Å². The Hall–Kier alpha value is -1.61. The summed E-state index contributed by atoms with van der Waals surface area (Å²) >= 11 is 0. The van der Waals surface area contributed by atoms with Gasteiger partial charge in [-0.05, 0) is 36.6 Å². The van der Waals surface area contributed by atoms with Crippen LogP contribution in [-0.2, 0) is 18.4 Å². The normalized spacial score (nSPS) is 22.8. The van der Waals surface area contributed by atoms with Crippen LogP contribution in [0.5, 0.6) is 0 Å². The molecular formula is C15H15FO2. The van der Waals surface area contributed by atoms with Crippen molar-refractivity contribution in [2.75, 3.05) is 0 Å². The van der Waals surface area contributed by atoms with E-state index < -0.39 is 5.60 Å². The van der Waals surface area contributed by atoms with Crippen molar-refractivity contribution in [3.8, 4) is 0 Å². The van der Waals surface area contributed by atoms with Gasteiger partial charge in [0, 0.05) is 18.4 Å². The summed E-state index contributed by atoms with van der Waals surface area (Å²) in [5, 5.41) is 10.8. The highest BCUT2D eigenvalue weighted by molar-refractivity contribution is 5.31. The molecule has 2 aromatic rings. The smallest absolute Gasteiger partial charge is 0.123 e. The van der Waals surface area contributed by atoms with Gasteiger partial charge in [0.2, 0.25) is 0 Å². The predicted molar refractivity (Wildman–Crippen MR) is 65.6 cm³/mol. The van der Waals surface area contributed by atoms with Gasteiger partial charge in [-0.1, -0.05) is 12.1 Å². The van der Waals surface area contributed by atoms with E-state index in [4.69, 9.17) is 4.42 Å². The minimum Gasteiger partial charge on any atom is -0.469 e. The van der Waals surface area contributed by atoms with Crippen LogP contribution in [0.4, 0.5) is 4.39 Å². The summed E-state index contributed by atoms with van der Waals surface area (Å²) in [6.45, 7) is 0. The Labute approximate surface area is 105 Å². The zero-order valence-corrected chi connectivity index (χ0v) is 10.0. The van der Waals surface area contributed by atoms with Crippen molar-refractivity contribution < 1.29 is 13.9 Å². The molecule has 1 aliphatic rings. The molecule has 1 N–H and O–H groups in total. The van der Waals surface area contributed by atoms with Crippen LogP contribution in [0.3, 0.4) is 0 Å². The Morgan fingerprint density at radius 3 is 2.78 bits per heavy atom. The van der Waals surface area contributed by atoms with Crippen LogP contribution in [0.15, 0.2) is 41.0 Å². The van der Waals surface area contributed by atoms with Crippen LogP contribution in [0, 0.1) is 5.82 Å². The molecule has 3 rings (SSSR count). The topological polar surface area (TPSA) is 33.4 Å². The van der Waals surface area contributed by atoms with E-state index in [1.165, 1.54) is 12.1 Å². The minimum atomic E-state index is -0.877. The Morgan fingerprint density at radius 2 is 2.00 bits per heavy atom. The molecule has 1 atom stereocenters. The van der Waals surface area contributed by atoms with Crippen molar-refractivity contribution >= 4 is 0 Å². The second kappa shape index (κ2) is 4.25. The third-order valence-corrected chi connectivity index (χ3v) is 3.65. The van der Waals surface area contributed by atoms with Crippen molar-refractivity contribution in [3.63, 3.8) is 0 Å². The van der Waals surface area contributed by atoms with E-state index in [1.54, 1.807) is 18.4 Å². The molecule has 1 aromatic carbocycles. The van der Waals surface area contributed by atoms with Gasteiger partial charge in [0.25, 0.3) is 0 Å². The molecular weight excluding hydrogens is 231 g/mol. The number of hydrogen-bond acceptors (Lipinski definition) is 2. The summed E-state index contributed by atoms with van der Waals surface area (Å²) in [6, 6.07) is 8.15. The number of aryl methyl sites for hydroxylation is 1. The maximum absolute atomic E-state index is 12.9. The molecule has 1 aromatic heterocycles. The predicted octanol–water partition coefficient (Wildman–Crippen LogP) is 3.19. The summed E-state index contributed by atoms with van der Waals surface area (Å²) < 4.78 is 18.3. The summed E-state index contributed by atoms with van der Waals surface area (Å²) in [5.41, 5.74) is 0.948. The molecule has 1 heterocycles. The molecule has 0 saturated heterocycles. The highest BCUT2D eigenvalue weighted by Gasteiger charge is 2.36. The lowest BCUT2D eigenvalue weighted by atomic mass is 9.79. The van der Waals surface area contributed by atoms with Gasteiger partial charge in [0.1, 0.15) is 11.6 Å². The summed E-state index contributed by atoms with van der Waals surface area (Å²) in [7, 11) is 0. The average Bonchev–Trinajstić information content (AvgIpc) is 2.82. The number of rotatable bonds is 2. The lowest BCUT2D eigenvalue weighted by Crippen LogP contribution is -2.32. The fourth-order valence-electron chi connectivity index (χ4n) is 2.75. The fourth-order valence-corrected chi connectivity index (χ4v) is 2.75. The lowest BCUT2D eigenvalue weighted by Gasteiger charge is -2.31. The van der Waals surface area contributed by atoms with Gasteiger partial charge in [-0.3, -0.25) is 0 Å². The fraction of sp³-hybridized carbons (Fsp3) is 0.333. The Balaban J connectivity index is 1.91. The molecule has 0 saturated carbocycles. The molecule has 0 amide bonds. The van der Waals surface area contributed by atoms with E-state index in [1.807, 2.05) is 6.07 Å². The van der Waals surface area contributed by atoms with Crippen LogP contribution < -0.4 is 0 Å². The van der Waals surface area contributed by atoms with Crippen molar-refractivity contribution in [2.45, 2.75) is 31.3 Å². The molecule has 1 unspecified atom stereocenters. The number of fused-ring (bicyclic) bond motifs is 1. The summed E-state index contributed by atoms with van der Waals surface area (Å²) in [6.07, 6.45) is 4.65. The second-order valence-electron chi connectivity index (χ2n) is 4.95. The van der Waals surface area contributed by atoms with Gasteiger partial charge in [-0.2, -0.15) is 0 Å². The second-order valence-corrected chi connectivity index (χ2v) is 4.95. The largest absolute Gasteiger partial charge is 0.469 e. The summed E-state index contributed by atoms with van der Waals surface area (Å²) in [4.78, 5) is 0. The van der Waals surface area contributed by atoms with Gasteiger partial charge in [0.15, 0.2) is 0 Å². The first-order valence-electron chi connectivity index (χ1n) is 6.21. The van der Waals surface area contributed by atoms with E-state index >= 15 is 0 Å². The average molecular weight is 246 g/mol. The van der Waals surface area contributed by atoms with E-state index in [0.717, 1.165) is 36.1 Å². The number of hydrogen-bond donors (Lipinski definition) is 1. The van der Waals surface area contributed by atoms with E-state index in [-0.39, 0.29) is 5.82 Å². The van der Waals surface area contributed by atoms with Crippen molar-refractivity contribution in [2.24, 2.45) is 0 Å². The molecule has 1 aliphatic carbocycles. The van der Waals surface area contributed by atoms with Crippen LogP contribution in [-0.4, -0.2) is 5.11 Å². The van der Waals surface area contributed by atoms with Gasteiger partial charge in [0.05, 0.1) is 11.9 Å². The number of aliphatic hydroxyl groups is 1. The highest BCUT2D eigenvalue weighted by atomic mass is 19.1. The van der Waals surface area contributed by atoms with E-state index in [9.17, 15) is 9.50 Å². The SMILES string of the molecule is OC1(Cc2ccc(F)cc2)CCCc2occc21. The maximum atomic E-state index is 12.9. The number of furan rings is 1.